The van der Waals surface area contributed by atoms with Crippen molar-refractivity contribution in [2.24, 2.45) is 0 Å². The van der Waals surface area contributed by atoms with Crippen LogP contribution in [0.5, 0.6) is 0 Å². The van der Waals surface area contributed by atoms with E-state index in [1.165, 1.54) is 12.1 Å². The molecule has 1 N–H and O–H groups in total. The normalized spacial score (nSPS) is 10.8. The number of fused-ring (bicyclic) bond motifs is 1. The molecule has 1 heterocycles. The van der Waals surface area contributed by atoms with E-state index in [2.05, 4.69) is 15.7 Å². The maximum Gasteiger partial charge on any atom is 0.353 e. The summed E-state index contributed by atoms with van der Waals surface area (Å²) in [6, 6.07) is 6.57. The number of aryl methyl sites for hydroxylation is 1. The van der Waals surface area contributed by atoms with Gasteiger partial charge in [-0.1, -0.05) is 0 Å². The quantitative estimate of drug-likeness (QED) is 0.594. The third kappa shape index (κ3) is 5.58. The van der Waals surface area contributed by atoms with Gasteiger partial charge in [-0.25, -0.2) is 4.39 Å². The van der Waals surface area contributed by atoms with Gasteiger partial charge >= 0.3 is 9.33 Å². The molecule has 0 aliphatic carbocycles. The first-order chi connectivity index (χ1) is 7.75. The second-order valence-electron chi connectivity index (χ2n) is 3.23. The highest BCUT2D eigenvalue weighted by atomic mass is 35.7. The maximum atomic E-state index is 12.7. The van der Waals surface area contributed by atoms with Gasteiger partial charge in [0, 0.05) is 28.0 Å². The van der Waals surface area contributed by atoms with E-state index in [1.807, 2.05) is 13.0 Å². The molecule has 4 nitrogen and oxygen atoms in total. The van der Waals surface area contributed by atoms with Crippen LogP contribution < -0.4 is 0 Å². The highest BCUT2D eigenvalue weighted by Gasteiger charge is 1.95. The molecular formula is C10H9ClFNO3S. The molecule has 0 spiro atoms. The summed E-state index contributed by atoms with van der Waals surface area (Å²) in [7, 11) is -0.137. The molecule has 1 aromatic carbocycles. The van der Waals surface area contributed by atoms with Crippen LogP contribution >= 0.6 is 10.7 Å². The van der Waals surface area contributed by atoms with Crippen molar-refractivity contribution in [2.75, 3.05) is 0 Å². The molecule has 0 atom stereocenters. The van der Waals surface area contributed by atoms with Gasteiger partial charge in [0.25, 0.3) is 0 Å². The lowest BCUT2D eigenvalue weighted by Gasteiger charge is -1.97. The molecule has 0 radical (unpaired) electrons. The van der Waals surface area contributed by atoms with Gasteiger partial charge in [-0.3, -0.25) is 9.54 Å². The number of halogens is 2. The minimum absolute atomic E-state index is 0.201. The lowest BCUT2D eigenvalue weighted by molar-refractivity contribution is 0.501. The number of nitrogens with zero attached hydrogens (tertiary/aromatic N) is 1. The van der Waals surface area contributed by atoms with Crippen LogP contribution in [0.25, 0.3) is 10.8 Å². The Morgan fingerprint density at radius 1 is 1.29 bits per heavy atom. The predicted octanol–water partition coefficient (Wildman–Crippen LogP) is 2.71. The Morgan fingerprint density at radius 2 is 1.88 bits per heavy atom. The molecule has 17 heavy (non-hydrogen) atoms. The molecule has 92 valence electrons. The van der Waals surface area contributed by atoms with Crippen molar-refractivity contribution < 1.29 is 17.4 Å². The molecule has 7 heteroatoms. The topological polar surface area (TPSA) is 67.3 Å². The standard InChI is InChI=1S/C10H8FN.ClHO3S/c1-7-4-9-5-10(11)3-2-8(9)6-12-7;1-5(2,3)4/h2-6H,1H3;(H,2,3,4). The number of hydrogen-bond acceptors (Lipinski definition) is 3. The van der Waals surface area contributed by atoms with Crippen LogP contribution in [0, 0.1) is 12.7 Å². The van der Waals surface area contributed by atoms with Crippen molar-refractivity contribution >= 4 is 30.8 Å². The van der Waals surface area contributed by atoms with Gasteiger partial charge in [0.2, 0.25) is 0 Å². The Morgan fingerprint density at radius 3 is 2.47 bits per heavy atom. The van der Waals surface area contributed by atoms with Crippen LogP contribution in [-0.2, 0) is 9.33 Å². The van der Waals surface area contributed by atoms with Gasteiger partial charge in [-0.2, -0.15) is 8.42 Å². The van der Waals surface area contributed by atoms with Gasteiger partial charge in [0.1, 0.15) is 5.82 Å². The zero-order valence-corrected chi connectivity index (χ0v) is 10.3. The summed E-state index contributed by atoms with van der Waals surface area (Å²) in [4.78, 5) is 4.11. The first-order valence-electron chi connectivity index (χ1n) is 4.45. The first kappa shape index (κ1) is 13.8. The van der Waals surface area contributed by atoms with Gasteiger partial charge in [0.05, 0.1) is 0 Å². The molecule has 1 aromatic heterocycles. The fourth-order valence-electron chi connectivity index (χ4n) is 1.22. The minimum Gasteiger partial charge on any atom is -0.273 e. The smallest absolute Gasteiger partial charge is 0.273 e. The second kappa shape index (κ2) is 5.39. The van der Waals surface area contributed by atoms with Crippen molar-refractivity contribution in [3.05, 3.63) is 42.0 Å². The largest absolute Gasteiger partial charge is 0.353 e. The Hall–Kier alpha value is -1.24. The molecule has 2 aromatic rings. The fourth-order valence-corrected chi connectivity index (χ4v) is 1.22. The Kier molecular flexibility index (Phi) is 4.39. The molecule has 0 saturated heterocycles. The summed E-state index contributed by atoms with van der Waals surface area (Å²) in [5.41, 5.74) is 0.910. The fraction of sp³-hybridized carbons (Fsp3) is 0.100. The Labute approximate surface area is 102 Å². The van der Waals surface area contributed by atoms with Crippen LogP contribution in [0.4, 0.5) is 4.39 Å². The summed E-state index contributed by atoms with van der Waals surface area (Å²) >= 11 is 0. The minimum atomic E-state index is -4.19. The van der Waals surface area contributed by atoms with Crippen LogP contribution in [0.3, 0.4) is 0 Å². The summed E-state index contributed by atoms with van der Waals surface area (Å²) in [5, 5.41) is 1.88. The summed E-state index contributed by atoms with van der Waals surface area (Å²) in [5.74, 6) is -0.201. The van der Waals surface area contributed by atoms with E-state index in [0.717, 1.165) is 16.5 Å². The van der Waals surface area contributed by atoms with E-state index in [1.54, 1.807) is 12.3 Å². The van der Waals surface area contributed by atoms with Gasteiger partial charge < -0.3 is 0 Å². The number of benzene rings is 1. The van der Waals surface area contributed by atoms with Gasteiger partial charge in [-0.15, -0.1) is 0 Å². The molecule has 2 rings (SSSR count). The van der Waals surface area contributed by atoms with E-state index in [4.69, 9.17) is 13.0 Å². The number of pyridine rings is 1. The second-order valence-corrected chi connectivity index (χ2v) is 5.22. The lowest BCUT2D eigenvalue weighted by Crippen LogP contribution is -1.81. The maximum absolute atomic E-state index is 12.7. The van der Waals surface area contributed by atoms with E-state index in [9.17, 15) is 4.39 Å². The first-order valence-corrected chi connectivity index (χ1v) is 6.71. The SMILES string of the molecule is Cc1cc2cc(F)ccc2cn1.O=S(=O)(O)Cl. The van der Waals surface area contributed by atoms with Crippen molar-refractivity contribution in [2.45, 2.75) is 6.92 Å². The van der Waals surface area contributed by atoms with E-state index >= 15 is 0 Å². The summed E-state index contributed by atoms with van der Waals surface area (Å²) < 4.78 is 37.9. The summed E-state index contributed by atoms with van der Waals surface area (Å²) in [6.45, 7) is 1.89. The van der Waals surface area contributed by atoms with Crippen molar-refractivity contribution in [1.82, 2.24) is 4.98 Å². The molecular weight excluding hydrogens is 269 g/mol. The molecule has 0 amide bonds. The van der Waals surface area contributed by atoms with Crippen molar-refractivity contribution in [3.8, 4) is 0 Å². The highest BCUT2D eigenvalue weighted by Crippen LogP contribution is 2.14. The van der Waals surface area contributed by atoms with Crippen LogP contribution in [-0.4, -0.2) is 18.0 Å². The average molecular weight is 278 g/mol. The number of rotatable bonds is 0. The molecule has 0 bridgehead atoms. The zero-order valence-electron chi connectivity index (χ0n) is 8.76. The van der Waals surface area contributed by atoms with Crippen LogP contribution in [0.2, 0.25) is 0 Å². The molecule has 0 saturated carbocycles. The van der Waals surface area contributed by atoms with E-state index in [-0.39, 0.29) is 5.82 Å². The van der Waals surface area contributed by atoms with Crippen molar-refractivity contribution in [1.29, 1.82) is 0 Å². The highest BCUT2D eigenvalue weighted by molar-refractivity contribution is 8.09. The molecule has 0 unspecified atom stereocenters. The van der Waals surface area contributed by atoms with E-state index < -0.39 is 9.33 Å². The van der Waals surface area contributed by atoms with Crippen LogP contribution in [0.15, 0.2) is 30.5 Å². The third-order valence-electron chi connectivity index (χ3n) is 1.82. The monoisotopic (exact) mass is 277 g/mol. The number of hydrogen-bond donors (Lipinski definition) is 1. The van der Waals surface area contributed by atoms with E-state index in [0.29, 0.717) is 0 Å². The Balaban J connectivity index is 0.000000249. The third-order valence-corrected chi connectivity index (χ3v) is 1.82. The van der Waals surface area contributed by atoms with Crippen LogP contribution in [0.1, 0.15) is 5.69 Å². The molecule has 0 aliphatic rings. The zero-order chi connectivity index (χ0) is 13.1. The predicted molar refractivity (Wildman–Crippen MR) is 63.8 cm³/mol. The van der Waals surface area contributed by atoms with Crippen molar-refractivity contribution in [3.63, 3.8) is 0 Å². The Bertz CT molecular complexity index is 586. The molecule has 0 aliphatic heterocycles. The van der Waals surface area contributed by atoms with Gasteiger partial charge in [0.15, 0.2) is 0 Å². The average Bonchev–Trinajstić information content (AvgIpc) is 2.14. The molecule has 0 fully saturated rings. The lowest BCUT2D eigenvalue weighted by atomic mass is 10.1. The van der Waals surface area contributed by atoms with Gasteiger partial charge in [-0.05, 0) is 36.6 Å². The summed E-state index contributed by atoms with van der Waals surface area (Å²) in [6.07, 6.45) is 1.75. The number of aromatic nitrogens is 1.